The fraction of sp³-hybridized carbons (Fsp3) is 1.00. The molecule has 0 saturated heterocycles. The van der Waals surface area contributed by atoms with Crippen LogP contribution < -0.4 is 0 Å². The van der Waals surface area contributed by atoms with E-state index in [2.05, 4.69) is 13.8 Å². The molecule has 1 nitrogen and oxygen atoms in total. The van der Waals surface area contributed by atoms with Crippen LogP contribution in [0, 0.1) is 5.92 Å². The third-order valence-corrected chi connectivity index (χ3v) is 2.41. The van der Waals surface area contributed by atoms with Crippen LogP contribution in [0.5, 0.6) is 0 Å². The van der Waals surface area contributed by atoms with Crippen LogP contribution in [-0.4, -0.2) is 29.1 Å². The van der Waals surface area contributed by atoms with Gasteiger partial charge < -0.3 is 5.11 Å². The number of unbranched alkanes of at least 4 members (excludes halogenated alkanes) is 3. The van der Waals surface area contributed by atoms with Gasteiger partial charge in [0.2, 0.25) is 0 Å². The Morgan fingerprint density at radius 2 is 1.62 bits per heavy atom. The molecule has 1 N–H and O–H groups in total. The first-order valence-electron chi connectivity index (χ1n) is 5.42. The van der Waals surface area contributed by atoms with Crippen LogP contribution in [0.2, 0.25) is 0 Å². The van der Waals surface area contributed by atoms with Crippen molar-refractivity contribution in [1.29, 1.82) is 0 Å². The average Bonchev–Trinajstić information content (AvgIpc) is 2.09. The Labute approximate surface area is 94.1 Å². The number of hydrogen-bond donors (Lipinski definition) is 1. The minimum Gasteiger partial charge on any atom is -0.396 e. The second kappa shape index (κ2) is 12.5. The van der Waals surface area contributed by atoms with E-state index in [1.807, 2.05) is 0 Å². The molecule has 0 amide bonds. The topological polar surface area (TPSA) is 20.2 Å². The van der Waals surface area contributed by atoms with Crippen LogP contribution in [-0.2, 0) is 0 Å². The minimum absolute atomic E-state index is 0. The molecule has 0 aliphatic rings. The molecule has 13 heavy (non-hydrogen) atoms. The molecular formula is C11H27AlO. The Morgan fingerprint density at radius 3 is 2.15 bits per heavy atom. The van der Waals surface area contributed by atoms with Gasteiger partial charge in [-0.15, -0.1) is 0 Å². The number of aliphatic hydroxyl groups is 1. The third-order valence-electron chi connectivity index (χ3n) is 2.41. The molecule has 0 aromatic heterocycles. The van der Waals surface area contributed by atoms with Crippen molar-refractivity contribution in [3.8, 4) is 0 Å². The summed E-state index contributed by atoms with van der Waals surface area (Å²) >= 11 is 0. The maximum atomic E-state index is 8.57. The van der Waals surface area contributed by atoms with Gasteiger partial charge in [-0.3, -0.25) is 0 Å². The predicted octanol–water partition coefficient (Wildman–Crippen LogP) is 2.18. The molecular weight excluding hydrogens is 175 g/mol. The van der Waals surface area contributed by atoms with Gasteiger partial charge in [0.1, 0.15) is 0 Å². The zero-order chi connectivity index (χ0) is 9.23. The van der Waals surface area contributed by atoms with Gasteiger partial charge in [-0.05, 0) is 12.3 Å². The second-order valence-corrected chi connectivity index (χ2v) is 3.82. The Balaban J connectivity index is 0. The number of aliphatic hydroxyl groups excluding tert-OH is 1. The average molecular weight is 202 g/mol. The molecule has 0 bridgehead atoms. The Hall–Kier alpha value is 0.492. The summed E-state index contributed by atoms with van der Waals surface area (Å²) in [6, 6.07) is 0. The lowest BCUT2D eigenvalue weighted by atomic mass is 9.98. The van der Waals surface area contributed by atoms with Crippen molar-refractivity contribution in [2.45, 2.75) is 58.8 Å². The number of hydrogen-bond acceptors (Lipinski definition) is 1. The monoisotopic (exact) mass is 202 g/mol. The van der Waals surface area contributed by atoms with Crippen LogP contribution in [0.15, 0.2) is 0 Å². The van der Waals surface area contributed by atoms with Crippen molar-refractivity contribution in [2.24, 2.45) is 5.92 Å². The largest absolute Gasteiger partial charge is 0.396 e. The quantitative estimate of drug-likeness (QED) is 0.472. The molecule has 0 radical (unpaired) electrons. The van der Waals surface area contributed by atoms with Crippen molar-refractivity contribution in [3.63, 3.8) is 0 Å². The molecule has 1 atom stereocenters. The summed E-state index contributed by atoms with van der Waals surface area (Å²) in [5.74, 6) is 0.892. The molecule has 0 spiro atoms. The van der Waals surface area contributed by atoms with Crippen molar-refractivity contribution in [2.75, 3.05) is 6.61 Å². The Kier molecular flexibility index (Phi) is 15.3. The van der Waals surface area contributed by atoms with Crippen LogP contribution in [0.4, 0.5) is 0 Å². The van der Waals surface area contributed by atoms with Gasteiger partial charge >= 0.3 is 0 Å². The van der Waals surface area contributed by atoms with Gasteiger partial charge in [0.25, 0.3) is 0 Å². The molecule has 80 valence electrons. The van der Waals surface area contributed by atoms with Gasteiger partial charge in [0.15, 0.2) is 17.4 Å². The van der Waals surface area contributed by atoms with Crippen LogP contribution in [0.25, 0.3) is 0 Å². The molecule has 0 aromatic rings. The first kappa shape index (κ1) is 15.9. The standard InChI is InChI=1S/C11H24O.Al.3H/c1-3-4-8-11(2)9-6-5-7-10-12;;;;/h11-12H,3-10H2,1-2H3;;;;. The highest BCUT2D eigenvalue weighted by atomic mass is 27.0. The van der Waals surface area contributed by atoms with E-state index in [1.54, 1.807) is 0 Å². The summed E-state index contributed by atoms with van der Waals surface area (Å²) in [7, 11) is 0. The summed E-state index contributed by atoms with van der Waals surface area (Å²) in [5, 5.41) is 8.57. The maximum Gasteiger partial charge on any atom is 0.187 e. The molecule has 0 rings (SSSR count). The molecule has 0 aromatic carbocycles. The molecule has 0 heterocycles. The van der Waals surface area contributed by atoms with Gasteiger partial charge in [0.05, 0.1) is 0 Å². The lowest BCUT2D eigenvalue weighted by Crippen LogP contribution is -1.94. The van der Waals surface area contributed by atoms with E-state index in [0.717, 1.165) is 12.3 Å². The van der Waals surface area contributed by atoms with Crippen LogP contribution >= 0.6 is 0 Å². The fourth-order valence-corrected chi connectivity index (χ4v) is 1.48. The van der Waals surface area contributed by atoms with Crippen molar-refractivity contribution in [1.82, 2.24) is 0 Å². The Morgan fingerprint density at radius 1 is 1.00 bits per heavy atom. The molecule has 0 aliphatic heterocycles. The van der Waals surface area contributed by atoms with Crippen LogP contribution in [0.1, 0.15) is 58.8 Å². The first-order valence-corrected chi connectivity index (χ1v) is 5.42. The molecule has 0 saturated carbocycles. The van der Waals surface area contributed by atoms with E-state index >= 15 is 0 Å². The maximum absolute atomic E-state index is 8.57. The molecule has 0 fully saturated rings. The van der Waals surface area contributed by atoms with Crippen LogP contribution in [0.3, 0.4) is 0 Å². The van der Waals surface area contributed by atoms with Gasteiger partial charge in [-0.1, -0.05) is 52.4 Å². The predicted molar refractivity (Wildman–Crippen MR) is 64.2 cm³/mol. The smallest absolute Gasteiger partial charge is 0.187 e. The van der Waals surface area contributed by atoms with Crippen molar-refractivity contribution < 1.29 is 5.11 Å². The van der Waals surface area contributed by atoms with E-state index in [0.29, 0.717) is 6.61 Å². The SMILES string of the molecule is CCCCC(C)CCCCCO.[AlH3]. The van der Waals surface area contributed by atoms with Gasteiger partial charge in [0, 0.05) is 6.61 Å². The summed E-state index contributed by atoms with van der Waals surface area (Å²) < 4.78 is 0. The third kappa shape index (κ3) is 12.5. The van der Waals surface area contributed by atoms with Gasteiger partial charge in [-0.25, -0.2) is 0 Å². The van der Waals surface area contributed by atoms with E-state index in [-0.39, 0.29) is 17.4 Å². The summed E-state index contributed by atoms with van der Waals surface area (Å²) in [4.78, 5) is 0. The highest BCUT2D eigenvalue weighted by molar-refractivity contribution is 5.75. The molecule has 2 heteroatoms. The zero-order valence-corrected chi connectivity index (χ0v) is 8.68. The highest BCUT2D eigenvalue weighted by Gasteiger charge is 2.00. The summed E-state index contributed by atoms with van der Waals surface area (Å²) in [6.45, 7) is 4.95. The lowest BCUT2D eigenvalue weighted by Gasteiger charge is -2.09. The zero-order valence-electron chi connectivity index (χ0n) is 8.68. The van der Waals surface area contributed by atoms with E-state index in [1.165, 1.54) is 38.5 Å². The first-order chi connectivity index (χ1) is 5.81. The summed E-state index contributed by atoms with van der Waals surface area (Å²) in [5.41, 5.74) is 0. The van der Waals surface area contributed by atoms with Crippen molar-refractivity contribution in [3.05, 3.63) is 0 Å². The number of rotatable bonds is 8. The summed E-state index contributed by atoms with van der Waals surface area (Å²) in [6.07, 6.45) is 8.91. The molecule has 0 aliphatic carbocycles. The van der Waals surface area contributed by atoms with E-state index in [4.69, 9.17) is 5.11 Å². The lowest BCUT2D eigenvalue weighted by molar-refractivity contribution is 0.280. The normalized spacial score (nSPS) is 12.2. The van der Waals surface area contributed by atoms with E-state index in [9.17, 15) is 0 Å². The second-order valence-electron chi connectivity index (χ2n) is 3.82. The fourth-order valence-electron chi connectivity index (χ4n) is 1.48. The van der Waals surface area contributed by atoms with Crippen molar-refractivity contribution >= 4 is 17.4 Å². The molecule has 1 unspecified atom stereocenters. The minimum atomic E-state index is 0. The highest BCUT2D eigenvalue weighted by Crippen LogP contribution is 2.15. The Bertz CT molecular complexity index is 86.2. The van der Waals surface area contributed by atoms with E-state index < -0.39 is 0 Å². The van der Waals surface area contributed by atoms with Gasteiger partial charge in [-0.2, -0.15) is 0 Å².